The lowest BCUT2D eigenvalue weighted by atomic mass is 9.96. The monoisotopic (exact) mass is 408 g/mol. The van der Waals surface area contributed by atoms with Gasteiger partial charge in [0.05, 0.1) is 24.8 Å². The molecule has 2 aliphatic rings. The quantitative estimate of drug-likeness (QED) is 0.724. The van der Waals surface area contributed by atoms with Gasteiger partial charge < -0.3 is 14.5 Å². The summed E-state index contributed by atoms with van der Waals surface area (Å²) in [4.78, 5) is 38.0. The summed E-state index contributed by atoms with van der Waals surface area (Å²) in [6, 6.07) is 9.99. The third kappa shape index (κ3) is 4.15. The lowest BCUT2D eigenvalue weighted by Gasteiger charge is -2.36. The normalized spacial score (nSPS) is 16.9. The summed E-state index contributed by atoms with van der Waals surface area (Å²) in [7, 11) is 0. The van der Waals surface area contributed by atoms with E-state index in [0.717, 1.165) is 55.0 Å². The van der Waals surface area contributed by atoms with Gasteiger partial charge in [0.1, 0.15) is 5.82 Å². The van der Waals surface area contributed by atoms with Crippen molar-refractivity contribution in [2.45, 2.75) is 39.7 Å². The molecule has 0 saturated carbocycles. The number of benzene rings is 1. The maximum absolute atomic E-state index is 12.1. The van der Waals surface area contributed by atoms with E-state index in [1.807, 2.05) is 42.2 Å². The van der Waals surface area contributed by atoms with Gasteiger partial charge in [-0.1, -0.05) is 30.3 Å². The minimum Gasteiger partial charge on any atom is -0.466 e. The lowest BCUT2D eigenvalue weighted by Crippen LogP contribution is -2.40. The van der Waals surface area contributed by atoms with Gasteiger partial charge >= 0.3 is 5.97 Å². The Hall–Kier alpha value is -2.96. The van der Waals surface area contributed by atoms with Crippen LogP contribution in [0.3, 0.4) is 0 Å². The smallest absolute Gasteiger partial charge is 0.309 e. The molecule has 2 aromatic rings. The number of carbonyl (C=O) groups is 2. The fourth-order valence-corrected chi connectivity index (χ4v) is 4.23. The second kappa shape index (κ2) is 8.81. The number of carbonyl (C=O) groups excluding carboxylic acids is 2. The van der Waals surface area contributed by atoms with Crippen LogP contribution in [0.1, 0.15) is 37.9 Å². The van der Waals surface area contributed by atoms with E-state index in [1.54, 1.807) is 6.92 Å². The summed E-state index contributed by atoms with van der Waals surface area (Å²) in [5.74, 6) is 1.52. The molecule has 7 heteroatoms. The number of piperidine rings is 1. The van der Waals surface area contributed by atoms with Crippen molar-refractivity contribution < 1.29 is 14.3 Å². The predicted molar refractivity (Wildman–Crippen MR) is 114 cm³/mol. The molecule has 30 heavy (non-hydrogen) atoms. The largest absolute Gasteiger partial charge is 0.466 e. The van der Waals surface area contributed by atoms with E-state index in [0.29, 0.717) is 25.5 Å². The van der Waals surface area contributed by atoms with Gasteiger partial charge in [-0.25, -0.2) is 9.97 Å². The van der Waals surface area contributed by atoms with Crippen LogP contribution in [0, 0.1) is 5.92 Å². The molecule has 158 valence electrons. The highest BCUT2D eigenvalue weighted by atomic mass is 16.5. The maximum Gasteiger partial charge on any atom is 0.309 e. The molecule has 0 radical (unpaired) electrons. The van der Waals surface area contributed by atoms with E-state index >= 15 is 0 Å². The van der Waals surface area contributed by atoms with Gasteiger partial charge in [-0.05, 0) is 19.8 Å². The molecule has 0 N–H and O–H groups in total. The molecular formula is C23H28N4O3. The summed E-state index contributed by atoms with van der Waals surface area (Å²) in [5.41, 5.74) is 3.03. The fourth-order valence-electron chi connectivity index (χ4n) is 4.23. The van der Waals surface area contributed by atoms with Crippen LogP contribution in [-0.4, -0.2) is 53.0 Å². The summed E-state index contributed by atoms with van der Waals surface area (Å²) in [5, 5.41) is 0. The van der Waals surface area contributed by atoms with E-state index in [1.165, 1.54) is 0 Å². The van der Waals surface area contributed by atoms with Gasteiger partial charge in [-0.2, -0.15) is 0 Å². The number of esters is 1. The Labute approximate surface area is 177 Å². The van der Waals surface area contributed by atoms with Crippen LogP contribution in [0.4, 0.5) is 5.82 Å². The number of rotatable bonds is 4. The van der Waals surface area contributed by atoms with Crippen LogP contribution in [0.2, 0.25) is 0 Å². The molecule has 2 aliphatic heterocycles. The topological polar surface area (TPSA) is 75.6 Å². The molecule has 0 unspecified atom stereocenters. The first kappa shape index (κ1) is 20.3. The minimum absolute atomic E-state index is 0.0545. The Bertz CT molecular complexity index is 924. The zero-order chi connectivity index (χ0) is 21.1. The molecule has 0 aliphatic carbocycles. The number of nitrogens with zero attached hydrogens (tertiary/aromatic N) is 4. The molecule has 0 spiro atoms. The maximum atomic E-state index is 12.1. The van der Waals surface area contributed by atoms with Crippen LogP contribution >= 0.6 is 0 Å². The Kier molecular flexibility index (Phi) is 5.97. The van der Waals surface area contributed by atoms with Gasteiger partial charge in [-0.15, -0.1) is 0 Å². The molecule has 1 aromatic carbocycles. The highest BCUT2D eigenvalue weighted by molar-refractivity contribution is 5.74. The molecule has 1 fully saturated rings. The number of hydrogen-bond acceptors (Lipinski definition) is 6. The van der Waals surface area contributed by atoms with E-state index in [-0.39, 0.29) is 17.8 Å². The van der Waals surface area contributed by atoms with Crippen molar-refractivity contribution in [3.8, 4) is 11.4 Å². The third-order valence-electron chi connectivity index (χ3n) is 5.93. The number of amides is 1. The number of aromatic nitrogens is 2. The standard InChI is InChI=1S/C23H28N4O3/c1-3-30-23(29)18-9-12-26(13-10-18)22-19-15-27(16(2)28)14-11-20(19)24-21(25-22)17-7-5-4-6-8-17/h4-8,18H,3,9-15H2,1-2H3. The first-order valence-corrected chi connectivity index (χ1v) is 10.7. The van der Waals surface area contributed by atoms with Crippen LogP contribution in [0.5, 0.6) is 0 Å². The molecule has 1 aromatic heterocycles. The summed E-state index contributed by atoms with van der Waals surface area (Å²) in [6.07, 6.45) is 2.22. The van der Waals surface area contributed by atoms with Crippen molar-refractivity contribution in [1.82, 2.24) is 14.9 Å². The van der Waals surface area contributed by atoms with Crippen molar-refractivity contribution in [3.05, 3.63) is 41.6 Å². The molecule has 1 amide bonds. The molecule has 3 heterocycles. The average Bonchev–Trinajstić information content (AvgIpc) is 2.78. The Morgan fingerprint density at radius 3 is 2.50 bits per heavy atom. The van der Waals surface area contributed by atoms with Crippen molar-refractivity contribution in [1.29, 1.82) is 0 Å². The molecule has 7 nitrogen and oxygen atoms in total. The summed E-state index contributed by atoms with van der Waals surface area (Å²) in [6.45, 7) is 6.55. The average molecular weight is 409 g/mol. The Morgan fingerprint density at radius 1 is 1.10 bits per heavy atom. The lowest BCUT2D eigenvalue weighted by molar-refractivity contribution is -0.148. The van der Waals surface area contributed by atoms with Crippen molar-refractivity contribution >= 4 is 17.7 Å². The van der Waals surface area contributed by atoms with Gasteiger partial charge in [0.15, 0.2) is 5.82 Å². The van der Waals surface area contributed by atoms with E-state index in [4.69, 9.17) is 14.7 Å². The summed E-state index contributed by atoms with van der Waals surface area (Å²) < 4.78 is 5.20. The molecule has 0 bridgehead atoms. The van der Waals surface area contributed by atoms with Crippen LogP contribution in [-0.2, 0) is 27.3 Å². The zero-order valence-corrected chi connectivity index (χ0v) is 17.6. The molecule has 0 atom stereocenters. The molecule has 4 rings (SSSR count). The predicted octanol–water partition coefficient (Wildman–Crippen LogP) is 2.83. The van der Waals surface area contributed by atoms with Crippen molar-refractivity contribution in [3.63, 3.8) is 0 Å². The second-order valence-corrected chi connectivity index (χ2v) is 7.87. The Balaban J connectivity index is 1.65. The molecule has 1 saturated heterocycles. The Morgan fingerprint density at radius 2 is 1.83 bits per heavy atom. The third-order valence-corrected chi connectivity index (χ3v) is 5.93. The van der Waals surface area contributed by atoms with Crippen LogP contribution in [0.15, 0.2) is 30.3 Å². The number of ether oxygens (including phenoxy) is 1. The van der Waals surface area contributed by atoms with Gasteiger partial charge in [0.2, 0.25) is 5.91 Å². The van der Waals surface area contributed by atoms with Gasteiger partial charge in [0.25, 0.3) is 0 Å². The minimum atomic E-state index is -0.102. The van der Waals surface area contributed by atoms with Gasteiger partial charge in [-0.3, -0.25) is 9.59 Å². The molecular weight excluding hydrogens is 380 g/mol. The van der Waals surface area contributed by atoms with Crippen molar-refractivity contribution in [2.75, 3.05) is 31.1 Å². The van der Waals surface area contributed by atoms with Crippen molar-refractivity contribution in [2.24, 2.45) is 5.92 Å². The fraction of sp³-hybridized carbons (Fsp3) is 0.478. The van der Waals surface area contributed by atoms with E-state index in [9.17, 15) is 9.59 Å². The first-order valence-electron chi connectivity index (χ1n) is 10.7. The van der Waals surface area contributed by atoms with E-state index < -0.39 is 0 Å². The van der Waals surface area contributed by atoms with Crippen LogP contribution in [0.25, 0.3) is 11.4 Å². The zero-order valence-electron chi connectivity index (χ0n) is 17.6. The first-order chi connectivity index (χ1) is 14.6. The highest BCUT2D eigenvalue weighted by Crippen LogP contribution is 2.32. The van der Waals surface area contributed by atoms with E-state index in [2.05, 4.69) is 4.90 Å². The van der Waals surface area contributed by atoms with Crippen LogP contribution < -0.4 is 4.90 Å². The second-order valence-electron chi connectivity index (χ2n) is 7.87. The number of hydrogen-bond donors (Lipinski definition) is 0. The highest BCUT2D eigenvalue weighted by Gasteiger charge is 2.31. The number of fused-ring (bicyclic) bond motifs is 1. The van der Waals surface area contributed by atoms with Gasteiger partial charge in [0, 0.05) is 44.1 Å². The number of anilines is 1. The summed E-state index contributed by atoms with van der Waals surface area (Å²) >= 11 is 0. The SMILES string of the molecule is CCOC(=O)C1CCN(c2nc(-c3ccccc3)nc3c2CN(C(C)=O)CC3)CC1.